The number of aryl methyl sites for hydroxylation is 2. The number of ether oxygens (including phenoxy) is 1. The standard InChI is InChI=1S/C15H23NO4S/c1-5-16-14(9-21(18,19)10-15(17)20-4)13-7-6-11(2)12(3)8-13/h6-8,14,16H,5,9-10H2,1-4H3. The van der Waals surface area contributed by atoms with Gasteiger partial charge in [0.25, 0.3) is 0 Å². The van der Waals surface area contributed by atoms with Gasteiger partial charge in [0, 0.05) is 6.04 Å². The summed E-state index contributed by atoms with van der Waals surface area (Å²) < 4.78 is 28.6. The van der Waals surface area contributed by atoms with Gasteiger partial charge in [0.05, 0.1) is 12.9 Å². The van der Waals surface area contributed by atoms with Gasteiger partial charge in [-0.25, -0.2) is 8.42 Å². The summed E-state index contributed by atoms with van der Waals surface area (Å²) in [6.45, 7) is 6.56. The van der Waals surface area contributed by atoms with Gasteiger partial charge in [-0.2, -0.15) is 0 Å². The molecule has 0 aliphatic rings. The minimum Gasteiger partial charge on any atom is -0.468 e. The van der Waals surface area contributed by atoms with E-state index in [1.807, 2.05) is 39.0 Å². The van der Waals surface area contributed by atoms with Crippen molar-refractivity contribution in [2.45, 2.75) is 26.8 Å². The number of hydrogen-bond donors (Lipinski definition) is 1. The highest BCUT2D eigenvalue weighted by Crippen LogP contribution is 2.19. The van der Waals surface area contributed by atoms with E-state index < -0.39 is 21.6 Å². The lowest BCUT2D eigenvalue weighted by molar-refractivity contribution is -0.137. The van der Waals surface area contributed by atoms with E-state index in [1.165, 1.54) is 7.11 Å². The second-order valence-electron chi connectivity index (χ2n) is 5.08. The van der Waals surface area contributed by atoms with Crippen LogP contribution in [-0.2, 0) is 19.4 Å². The van der Waals surface area contributed by atoms with Crippen LogP contribution in [0.1, 0.15) is 29.7 Å². The van der Waals surface area contributed by atoms with Crippen LogP contribution in [0.5, 0.6) is 0 Å². The van der Waals surface area contributed by atoms with E-state index in [9.17, 15) is 13.2 Å². The highest BCUT2D eigenvalue weighted by atomic mass is 32.2. The fourth-order valence-electron chi connectivity index (χ4n) is 2.05. The van der Waals surface area contributed by atoms with Crippen LogP contribution in [-0.4, -0.2) is 39.5 Å². The van der Waals surface area contributed by atoms with Gasteiger partial charge in [0.2, 0.25) is 0 Å². The van der Waals surface area contributed by atoms with Gasteiger partial charge >= 0.3 is 5.97 Å². The average molecular weight is 313 g/mol. The fraction of sp³-hybridized carbons (Fsp3) is 0.533. The summed E-state index contributed by atoms with van der Waals surface area (Å²) in [6.07, 6.45) is 0. The van der Waals surface area contributed by atoms with Crippen molar-refractivity contribution in [1.82, 2.24) is 5.32 Å². The summed E-state index contributed by atoms with van der Waals surface area (Å²) >= 11 is 0. The third kappa shape index (κ3) is 5.47. The van der Waals surface area contributed by atoms with Crippen LogP contribution in [0.2, 0.25) is 0 Å². The molecule has 1 atom stereocenters. The van der Waals surface area contributed by atoms with Gasteiger partial charge in [-0.3, -0.25) is 4.79 Å². The molecular weight excluding hydrogens is 290 g/mol. The summed E-state index contributed by atoms with van der Waals surface area (Å²) in [5.41, 5.74) is 3.18. The van der Waals surface area contributed by atoms with E-state index in [0.717, 1.165) is 16.7 Å². The second kappa shape index (κ2) is 7.56. The number of carbonyl (C=O) groups is 1. The Morgan fingerprint density at radius 1 is 1.29 bits per heavy atom. The predicted molar refractivity (Wildman–Crippen MR) is 83.0 cm³/mol. The molecule has 5 nitrogen and oxygen atoms in total. The first-order valence-electron chi connectivity index (χ1n) is 6.87. The summed E-state index contributed by atoms with van der Waals surface area (Å²) in [5, 5.41) is 3.16. The number of esters is 1. The molecule has 0 saturated heterocycles. The van der Waals surface area contributed by atoms with Gasteiger partial charge in [-0.05, 0) is 37.1 Å². The molecule has 0 aromatic heterocycles. The molecule has 1 N–H and O–H groups in total. The zero-order chi connectivity index (χ0) is 16.0. The van der Waals surface area contributed by atoms with Crippen LogP contribution in [0.3, 0.4) is 0 Å². The van der Waals surface area contributed by atoms with Crippen molar-refractivity contribution in [3.8, 4) is 0 Å². The second-order valence-corrected chi connectivity index (χ2v) is 7.19. The van der Waals surface area contributed by atoms with Gasteiger partial charge in [-0.1, -0.05) is 25.1 Å². The lowest BCUT2D eigenvalue weighted by atomic mass is 10.0. The average Bonchev–Trinajstić information content (AvgIpc) is 2.40. The number of methoxy groups -OCH3 is 1. The first-order valence-corrected chi connectivity index (χ1v) is 8.69. The molecule has 0 amide bonds. The van der Waals surface area contributed by atoms with Crippen LogP contribution < -0.4 is 5.32 Å². The van der Waals surface area contributed by atoms with E-state index in [1.54, 1.807) is 0 Å². The maximum Gasteiger partial charge on any atom is 0.320 e. The van der Waals surface area contributed by atoms with E-state index in [0.29, 0.717) is 6.54 Å². The minimum atomic E-state index is -3.52. The number of sulfone groups is 1. The number of nitrogens with one attached hydrogen (secondary N) is 1. The lowest BCUT2D eigenvalue weighted by Crippen LogP contribution is -2.31. The van der Waals surface area contributed by atoms with Crippen LogP contribution in [0.25, 0.3) is 0 Å². The van der Waals surface area contributed by atoms with Gasteiger partial charge < -0.3 is 10.1 Å². The number of carbonyl (C=O) groups excluding carboxylic acids is 1. The Hall–Kier alpha value is -1.40. The van der Waals surface area contributed by atoms with Crippen molar-refractivity contribution in [3.63, 3.8) is 0 Å². The third-order valence-electron chi connectivity index (χ3n) is 3.37. The number of rotatable bonds is 7. The Morgan fingerprint density at radius 2 is 1.95 bits per heavy atom. The van der Waals surface area contributed by atoms with Crippen molar-refractivity contribution in [2.75, 3.05) is 25.2 Å². The topological polar surface area (TPSA) is 72.5 Å². The summed E-state index contributed by atoms with van der Waals surface area (Å²) in [5.74, 6) is -1.44. The summed E-state index contributed by atoms with van der Waals surface area (Å²) in [7, 11) is -2.34. The van der Waals surface area contributed by atoms with Gasteiger partial charge in [-0.15, -0.1) is 0 Å². The predicted octanol–water partition coefficient (Wildman–Crippen LogP) is 1.54. The molecule has 0 fully saturated rings. The van der Waals surface area contributed by atoms with Crippen molar-refractivity contribution < 1.29 is 17.9 Å². The van der Waals surface area contributed by atoms with Crippen molar-refractivity contribution >= 4 is 15.8 Å². The Kier molecular flexibility index (Phi) is 6.36. The molecule has 0 spiro atoms. The fourth-order valence-corrected chi connectivity index (χ4v) is 3.47. The Labute approximate surface area is 126 Å². The molecule has 1 unspecified atom stereocenters. The molecule has 0 aliphatic heterocycles. The molecule has 6 heteroatoms. The van der Waals surface area contributed by atoms with Gasteiger partial charge in [0.15, 0.2) is 9.84 Å². The largest absolute Gasteiger partial charge is 0.468 e. The first kappa shape index (κ1) is 17.7. The molecule has 21 heavy (non-hydrogen) atoms. The highest BCUT2D eigenvalue weighted by Gasteiger charge is 2.23. The van der Waals surface area contributed by atoms with Gasteiger partial charge in [0.1, 0.15) is 5.75 Å². The normalized spacial score (nSPS) is 13.0. The Bertz CT molecular complexity index is 596. The van der Waals surface area contributed by atoms with E-state index in [4.69, 9.17) is 0 Å². The summed E-state index contributed by atoms with van der Waals surface area (Å²) in [6, 6.07) is 5.55. The first-order chi connectivity index (χ1) is 9.79. The van der Waals surface area contributed by atoms with Crippen LogP contribution >= 0.6 is 0 Å². The zero-order valence-electron chi connectivity index (χ0n) is 13.0. The van der Waals surface area contributed by atoms with Crippen LogP contribution in [0.4, 0.5) is 0 Å². The third-order valence-corrected chi connectivity index (χ3v) is 4.89. The van der Waals surface area contributed by atoms with E-state index in [-0.39, 0.29) is 11.8 Å². The van der Waals surface area contributed by atoms with Crippen molar-refractivity contribution in [1.29, 1.82) is 0 Å². The van der Waals surface area contributed by atoms with E-state index >= 15 is 0 Å². The number of benzene rings is 1. The molecular formula is C15H23NO4S. The molecule has 0 saturated carbocycles. The molecule has 1 aromatic rings. The highest BCUT2D eigenvalue weighted by molar-refractivity contribution is 7.92. The smallest absolute Gasteiger partial charge is 0.320 e. The van der Waals surface area contributed by atoms with Crippen molar-refractivity contribution in [3.05, 3.63) is 34.9 Å². The Balaban J connectivity index is 2.96. The molecule has 1 rings (SSSR count). The van der Waals surface area contributed by atoms with Crippen molar-refractivity contribution in [2.24, 2.45) is 0 Å². The summed E-state index contributed by atoms with van der Waals surface area (Å²) in [4.78, 5) is 11.2. The monoisotopic (exact) mass is 313 g/mol. The molecule has 118 valence electrons. The maximum atomic E-state index is 12.1. The quantitative estimate of drug-likeness (QED) is 0.773. The van der Waals surface area contributed by atoms with Crippen LogP contribution in [0, 0.1) is 13.8 Å². The lowest BCUT2D eigenvalue weighted by Gasteiger charge is -2.19. The SMILES string of the molecule is CCNC(CS(=O)(=O)CC(=O)OC)c1ccc(C)c(C)c1. The Morgan fingerprint density at radius 3 is 2.48 bits per heavy atom. The molecule has 1 aromatic carbocycles. The zero-order valence-corrected chi connectivity index (χ0v) is 13.8. The molecule has 0 aliphatic carbocycles. The molecule has 0 radical (unpaired) electrons. The molecule has 0 heterocycles. The van der Waals surface area contributed by atoms with E-state index in [2.05, 4.69) is 10.1 Å². The molecule has 0 bridgehead atoms. The number of hydrogen-bond acceptors (Lipinski definition) is 5. The minimum absolute atomic E-state index is 0.127. The maximum absolute atomic E-state index is 12.1. The van der Waals surface area contributed by atoms with Crippen LogP contribution in [0.15, 0.2) is 18.2 Å².